The van der Waals surface area contributed by atoms with Gasteiger partial charge < -0.3 is 44.1 Å². The van der Waals surface area contributed by atoms with Gasteiger partial charge >= 0.3 is 0 Å². The zero-order valence-electron chi connectivity index (χ0n) is 12.9. The molecule has 0 atom stereocenters. The van der Waals surface area contributed by atoms with Gasteiger partial charge in [-0.2, -0.15) is 0 Å². The van der Waals surface area contributed by atoms with Crippen LogP contribution in [0.25, 0.3) is 0 Å². The summed E-state index contributed by atoms with van der Waals surface area (Å²) in [4.78, 5) is 4.69. The Morgan fingerprint density at radius 2 is 1.57 bits per heavy atom. The molecule has 122 valence electrons. The number of fused-ring (bicyclic) bond motifs is 1. The van der Waals surface area contributed by atoms with Crippen molar-refractivity contribution in [2.75, 3.05) is 51.3 Å². The maximum atomic E-state index is 5.62. The summed E-state index contributed by atoms with van der Waals surface area (Å²) in [5.74, 6) is 1.71. The first-order chi connectivity index (χ1) is 9.24. The van der Waals surface area contributed by atoms with Gasteiger partial charge in [0.2, 0.25) is 0 Å². The molecule has 0 saturated carbocycles. The van der Waals surface area contributed by atoms with Crippen LogP contribution in [0.15, 0.2) is 18.2 Å². The van der Waals surface area contributed by atoms with E-state index in [2.05, 4.69) is 42.8 Å². The summed E-state index contributed by atoms with van der Waals surface area (Å²) >= 11 is 0. The van der Waals surface area contributed by atoms with E-state index in [1.807, 2.05) is 6.07 Å². The summed E-state index contributed by atoms with van der Waals surface area (Å²) < 4.78 is 11.2. The number of hydrogen-bond acceptors (Lipinski definition) is 4. The number of halogens is 2. The molecule has 0 amide bonds. The lowest BCUT2D eigenvalue weighted by molar-refractivity contribution is -0.001000. The van der Waals surface area contributed by atoms with E-state index in [4.69, 9.17) is 9.47 Å². The van der Waals surface area contributed by atoms with Crippen molar-refractivity contribution in [2.24, 2.45) is 0 Å². The van der Waals surface area contributed by atoms with Crippen molar-refractivity contribution in [1.29, 1.82) is 0 Å². The lowest BCUT2D eigenvalue weighted by atomic mass is 10.2. The smallest absolute Gasteiger partial charge is 0.163 e. The van der Waals surface area contributed by atoms with Crippen molar-refractivity contribution in [3.8, 4) is 11.5 Å². The highest BCUT2D eigenvalue weighted by molar-refractivity contribution is 5.56. The summed E-state index contributed by atoms with van der Waals surface area (Å²) in [6.07, 6.45) is 0. The monoisotopic (exact) mass is 334 g/mol. The van der Waals surface area contributed by atoms with Crippen LogP contribution in [0.1, 0.15) is 13.8 Å². The highest BCUT2D eigenvalue weighted by atomic mass is 35.5. The van der Waals surface area contributed by atoms with Crippen molar-refractivity contribution in [3.05, 3.63) is 18.2 Å². The summed E-state index contributed by atoms with van der Waals surface area (Å²) in [5.41, 5.74) is 1.18. The van der Waals surface area contributed by atoms with Crippen molar-refractivity contribution >= 4 is 5.69 Å². The predicted octanol–water partition coefficient (Wildman–Crippen LogP) is -3.76. The summed E-state index contributed by atoms with van der Waals surface area (Å²) in [5, 5.41) is 0. The molecule has 1 aromatic rings. The van der Waals surface area contributed by atoms with E-state index in [1.54, 1.807) is 0 Å². The molecule has 21 heavy (non-hydrogen) atoms. The number of benzene rings is 1. The Hall–Kier alpha value is -0.840. The Kier molecular flexibility index (Phi) is 9.58. The van der Waals surface area contributed by atoms with Crippen LogP contribution in [0.3, 0.4) is 0 Å². The molecular weight excluding hydrogens is 311 g/mol. The van der Waals surface area contributed by atoms with Gasteiger partial charge in [0.1, 0.15) is 13.2 Å². The van der Waals surface area contributed by atoms with E-state index >= 15 is 0 Å². The van der Waals surface area contributed by atoms with E-state index in [0.717, 1.165) is 37.7 Å². The first kappa shape index (κ1) is 20.2. The molecule has 0 aromatic heterocycles. The van der Waals surface area contributed by atoms with Crippen molar-refractivity contribution < 1.29 is 34.3 Å². The van der Waals surface area contributed by atoms with E-state index in [1.165, 1.54) is 5.69 Å². The van der Waals surface area contributed by atoms with Gasteiger partial charge in [-0.25, -0.2) is 0 Å². The van der Waals surface area contributed by atoms with Crippen LogP contribution in [0.5, 0.6) is 11.5 Å². The minimum Gasteiger partial charge on any atom is -1.00 e. The largest absolute Gasteiger partial charge is 1.00 e. The van der Waals surface area contributed by atoms with Crippen LogP contribution < -0.4 is 39.2 Å². The molecule has 0 radical (unpaired) electrons. The summed E-state index contributed by atoms with van der Waals surface area (Å²) in [6.45, 7) is 9.99. The van der Waals surface area contributed by atoms with Crippen LogP contribution in [-0.4, -0.2) is 51.3 Å². The average molecular weight is 335 g/mol. The molecule has 0 saturated heterocycles. The predicted molar refractivity (Wildman–Crippen MR) is 78.5 cm³/mol. The molecule has 0 bridgehead atoms. The van der Waals surface area contributed by atoms with Gasteiger partial charge in [-0.1, -0.05) is 13.8 Å². The van der Waals surface area contributed by atoms with Crippen molar-refractivity contribution in [2.45, 2.75) is 13.8 Å². The Balaban J connectivity index is 0.00000200. The zero-order valence-corrected chi connectivity index (χ0v) is 14.5. The van der Waals surface area contributed by atoms with Crippen molar-refractivity contribution in [3.63, 3.8) is 0 Å². The van der Waals surface area contributed by atoms with Gasteiger partial charge in [0.15, 0.2) is 11.5 Å². The van der Waals surface area contributed by atoms with E-state index < -0.39 is 0 Å². The molecule has 0 N–H and O–H groups in total. The minimum atomic E-state index is 0. The number of hydrogen-bond donors (Lipinski definition) is 0. The van der Waals surface area contributed by atoms with Crippen molar-refractivity contribution in [1.82, 2.24) is 4.90 Å². The number of nitrogens with zero attached hydrogens (tertiary/aromatic N) is 2. The molecule has 1 heterocycles. The third kappa shape index (κ3) is 5.46. The van der Waals surface area contributed by atoms with Gasteiger partial charge in [0.05, 0.1) is 0 Å². The fraction of sp³-hybridized carbons (Fsp3) is 0.600. The number of anilines is 1. The van der Waals surface area contributed by atoms with E-state index in [9.17, 15) is 0 Å². The normalized spacial score (nSPS) is 12.4. The first-order valence-corrected chi connectivity index (χ1v) is 7.07. The van der Waals surface area contributed by atoms with Gasteiger partial charge in [-0.05, 0) is 25.2 Å². The maximum absolute atomic E-state index is 5.62. The van der Waals surface area contributed by atoms with E-state index in [-0.39, 0.29) is 24.8 Å². The maximum Gasteiger partial charge on any atom is 0.163 e. The quantitative estimate of drug-likeness (QED) is 0.533. The molecule has 1 aromatic carbocycles. The second-order valence-corrected chi connectivity index (χ2v) is 4.78. The number of likely N-dealkylation sites (N-methyl/N-ethyl adjacent to an activating group) is 2. The van der Waals surface area contributed by atoms with Crippen LogP contribution in [0.4, 0.5) is 5.69 Å². The molecule has 4 nitrogen and oxygen atoms in total. The fourth-order valence-electron chi connectivity index (χ4n) is 2.23. The lowest BCUT2D eigenvalue weighted by Crippen LogP contribution is -3.00. The summed E-state index contributed by atoms with van der Waals surface area (Å²) in [6, 6.07) is 6.16. The molecule has 0 fully saturated rings. The van der Waals surface area contributed by atoms with Gasteiger partial charge in [0.25, 0.3) is 0 Å². The molecule has 0 unspecified atom stereocenters. The second kappa shape index (κ2) is 9.98. The van der Waals surface area contributed by atoms with Crippen LogP contribution >= 0.6 is 0 Å². The number of rotatable bonds is 6. The second-order valence-electron chi connectivity index (χ2n) is 4.78. The van der Waals surface area contributed by atoms with Gasteiger partial charge in [0, 0.05) is 31.9 Å². The fourth-order valence-corrected chi connectivity index (χ4v) is 2.23. The Morgan fingerprint density at radius 1 is 0.952 bits per heavy atom. The minimum absolute atomic E-state index is 0. The van der Waals surface area contributed by atoms with Gasteiger partial charge in [-0.15, -0.1) is 0 Å². The SMILES string of the molecule is CCN(CC)CCN(C)c1ccc2c(c1)OCCO2.[Cl-].[Cl-]. The molecule has 1 aliphatic heterocycles. The first-order valence-electron chi connectivity index (χ1n) is 7.07. The highest BCUT2D eigenvalue weighted by Gasteiger charge is 2.13. The molecule has 2 rings (SSSR count). The third-order valence-electron chi connectivity index (χ3n) is 3.61. The standard InChI is InChI=1S/C15H24N2O2.2ClH/c1-4-17(5-2)9-8-16(3)13-6-7-14-15(12-13)19-11-10-18-14;;/h6-7,12H,4-5,8-11H2,1-3H3;2*1H/p-2. The molecule has 0 aliphatic carbocycles. The zero-order chi connectivity index (χ0) is 13.7. The molecule has 0 spiro atoms. The third-order valence-corrected chi connectivity index (χ3v) is 3.61. The highest BCUT2D eigenvalue weighted by Crippen LogP contribution is 2.33. The Bertz CT molecular complexity index is 415. The van der Waals surface area contributed by atoms with Crippen LogP contribution in [0.2, 0.25) is 0 Å². The van der Waals surface area contributed by atoms with Crippen LogP contribution in [0, 0.1) is 0 Å². The average Bonchev–Trinajstić information content (AvgIpc) is 2.47. The van der Waals surface area contributed by atoms with Gasteiger partial charge in [-0.3, -0.25) is 0 Å². The Morgan fingerprint density at radius 3 is 2.19 bits per heavy atom. The topological polar surface area (TPSA) is 24.9 Å². The molecule has 1 aliphatic rings. The number of ether oxygens (including phenoxy) is 2. The molecule has 6 heteroatoms. The van der Waals surface area contributed by atoms with E-state index in [0.29, 0.717) is 13.2 Å². The summed E-state index contributed by atoms with van der Waals surface area (Å²) in [7, 11) is 2.12. The molecular formula is C15H24Cl2N2O2-2. The lowest BCUT2D eigenvalue weighted by Gasteiger charge is -2.26. The van der Waals surface area contributed by atoms with Crippen LogP contribution in [-0.2, 0) is 0 Å². The Labute approximate surface area is 140 Å².